The molecule has 0 fully saturated rings. The minimum Gasteiger partial charge on any atom is -1.00 e. The van der Waals surface area contributed by atoms with Crippen molar-refractivity contribution in [2.24, 2.45) is 4.99 Å². The number of hydrogen-bond acceptors (Lipinski definition) is 1. The van der Waals surface area contributed by atoms with Crippen LogP contribution in [0, 0.1) is 0 Å². The van der Waals surface area contributed by atoms with Crippen LogP contribution in [0.1, 0.15) is 0 Å². The topological polar surface area (TPSA) is 26.3 Å². The summed E-state index contributed by atoms with van der Waals surface area (Å²) in [5.74, 6) is 0. The minimum atomic E-state index is 0. The van der Waals surface area contributed by atoms with E-state index in [2.05, 4.69) is 16.0 Å². The smallest absolute Gasteiger partial charge is 0.316 e. The molecule has 2 nitrogen and oxygen atoms in total. The van der Waals surface area contributed by atoms with Crippen LogP contribution < -0.4 is 17.4 Å². The van der Waals surface area contributed by atoms with Crippen molar-refractivity contribution < 1.29 is 17.4 Å². The van der Waals surface area contributed by atoms with E-state index in [0.717, 1.165) is 5.69 Å². The van der Waals surface area contributed by atoms with Crippen molar-refractivity contribution in [3.63, 3.8) is 0 Å². The van der Waals surface area contributed by atoms with Crippen molar-refractivity contribution in [2.45, 2.75) is 0 Å². The van der Waals surface area contributed by atoms with Crippen LogP contribution in [0.2, 0.25) is 15.1 Å². The Morgan fingerprint density at radius 2 is 1.58 bits per heavy atom. The summed E-state index contributed by atoms with van der Waals surface area (Å²) in [6, 6.07) is 15.2. The Kier molecular flexibility index (Phi) is 6.36. The van der Waals surface area contributed by atoms with Crippen molar-refractivity contribution in [1.29, 1.82) is 0 Å². The third-order valence-electron chi connectivity index (χ3n) is 2.17. The minimum absolute atomic E-state index is 0. The van der Waals surface area contributed by atoms with Gasteiger partial charge in [0.05, 0.1) is 10.0 Å². The lowest BCUT2D eigenvalue weighted by atomic mass is 10.3. The van der Waals surface area contributed by atoms with Crippen LogP contribution in [0.25, 0.3) is 0 Å². The van der Waals surface area contributed by atoms with E-state index < -0.39 is 0 Å². The predicted octanol–water partition coefficient (Wildman–Crippen LogP) is 0.868. The Bertz CT molecular complexity index is 634. The molecule has 0 heterocycles. The first-order valence-corrected chi connectivity index (χ1v) is 6.22. The second-order valence-corrected chi connectivity index (χ2v) is 4.59. The fraction of sp³-hybridized carbons (Fsp3) is 0. The van der Waals surface area contributed by atoms with E-state index in [1.54, 1.807) is 24.3 Å². The normalized spacial score (nSPS) is 9.21. The molecule has 0 saturated heterocycles. The molecule has 98 valence electrons. The lowest BCUT2D eigenvalue weighted by Crippen LogP contribution is -3.00. The molecule has 1 N–H and O–H groups in total. The molecule has 0 spiro atoms. The number of benzene rings is 2. The van der Waals surface area contributed by atoms with Gasteiger partial charge in [-0.05, 0) is 24.3 Å². The average Bonchev–Trinajstić information content (AvgIpc) is 2.37. The van der Waals surface area contributed by atoms with E-state index in [9.17, 15) is 0 Å². The van der Waals surface area contributed by atoms with Crippen molar-refractivity contribution >= 4 is 52.2 Å². The number of halogens is 4. The molecule has 2 rings (SSSR count). The molecule has 0 aliphatic rings. The molecular formula is C13H8Cl4N2. The van der Waals surface area contributed by atoms with E-state index in [0.29, 0.717) is 20.8 Å². The zero-order chi connectivity index (χ0) is 13.0. The van der Waals surface area contributed by atoms with Crippen molar-refractivity contribution in [1.82, 2.24) is 0 Å². The number of aliphatic imine (C=N–C) groups is 1. The van der Waals surface area contributed by atoms with E-state index in [1.165, 1.54) is 0 Å². The Morgan fingerprint density at radius 3 is 2.32 bits per heavy atom. The second kappa shape index (κ2) is 7.54. The summed E-state index contributed by atoms with van der Waals surface area (Å²) in [5.41, 5.74) is 1.27. The molecule has 0 bridgehead atoms. The number of para-hydroxylation sites is 1. The van der Waals surface area contributed by atoms with Crippen LogP contribution in [0.15, 0.2) is 47.5 Å². The van der Waals surface area contributed by atoms with Gasteiger partial charge in [-0.25, -0.2) is 0 Å². The summed E-state index contributed by atoms with van der Waals surface area (Å²) in [7, 11) is 0. The standard InChI is InChI=1S/C13H7Cl3N2.ClH/c14-9-4-1-2-6-11(9)17-8-18-12-7-3-5-10(15)13(12)16;/h1-7H;1H. The molecule has 6 heteroatoms. The maximum absolute atomic E-state index is 5.99. The van der Waals surface area contributed by atoms with E-state index in [-0.39, 0.29) is 12.4 Å². The summed E-state index contributed by atoms with van der Waals surface area (Å²) >= 11 is 17.8. The highest BCUT2D eigenvalue weighted by Crippen LogP contribution is 2.31. The van der Waals surface area contributed by atoms with E-state index in [1.807, 2.05) is 18.2 Å². The summed E-state index contributed by atoms with van der Waals surface area (Å²) < 4.78 is 0. The molecule has 0 aliphatic heterocycles. The summed E-state index contributed by atoms with van der Waals surface area (Å²) in [6.07, 6.45) is 0. The molecule has 2 aromatic rings. The fourth-order valence-corrected chi connectivity index (χ4v) is 1.81. The van der Waals surface area contributed by atoms with Crippen molar-refractivity contribution in [2.75, 3.05) is 0 Å². The van der Waals surface area contributed by atoms with Crippen molar-refractivity contribution in [3.8, 4) is 0 Å². The van der Waals surface area contributed by atoms with Crippen LogP contribution in [-0.4, -0.2) is 6.01 Å². The van der Waals surface area contributed by atoms with Gasteiger partial charge in [-0.1, -0.05) is 53.0 Å². The Labute approximate surface area is 132 Å². The molecule has 2 aromatic carbocycles. The van der Waals surface area contributed by atoms with Crippen LogP contribution in [0.3, 0.4) is 0 Å². The number of nitrogens with one attached hydrogen (secondary N) is 1. The first-order valence-electron chi connectivity index (χ1n) is 5.09. The maximum Gasteiger partial charge on any atom is 0.316 e. The van der Waals surface area contributed by atoms with Gasteiger partial charge in [0.25, 0.3) is 0 Å². The average molecular weight is 334 g/mol. The maximum atomic E-state index is 5.99. The first-order chi connectivity index (χ1) is 8.68. The molecule has 0 unspecified atom stereocenters. The summed E-state index contributed by atoms with van der Waals surface area (Å²) in [6.45, 7) is 0. The fourth-order valence-electron chi connectivity index (χ4n) is 1.29. The molecule has 0 aromatic heterocycles. The number of hydrogen-bond donors (Lipinski definition) is 1. The Hall–Kier alpha value is -1.02. The second-order valence-electron chi connectivity index (χ2n) is 3.40. The largest absolute Gasteiger partial charge is 1.00 e. The zero-order valence-corrected chi connectivity index (χ0v) is 12.5. The third-order valence-corrected chi connectivity index (χ3v) is 3.31. The predicted molar refractivity (Wildman–Crippen MR) is 75.6 cm³/mol. The van der Waals surface area contributed by atoms with Crippen LogP contribution >= 0.6 is 34.8 Å². The first kappa shape index (κ1) is 16.0. The molecule has 0 saturated carbocycles. The summed E-state index contributed by atoms with van der Waals surface area (Å²) in [4.78, 5) is 6.92. The van der Waals surface area contributed by atoms with Gasteiger partial charge in [-0.15, -0.1) is 0 Å². The van der Waals surface area contributed by atoms with Gasteiger partial charge in [0, 0.05) is 4.99 Å². The Balaban J connectivity index is 0.00000180. The highest BCUT2D eigenvalue weighted by atomic mass is 35.5. The zero-order valence-electron chi connectivity index (χ0n) is 9.50. The van der Waals surface area contributed by atoms with E-state index >= 15 is 0 Å². The number of nitrogens with zero attached hydrogens (tertiary/aromatic N) is 1. The van der Waals surface area contributed by atoms with Crippen LogP contribution in [0.4, 0.5) is 11.4 Å². The number of rotatable bonds is 2. The van der Waals surface area contributed by atoms with Gasteiger partial charge in [-0.2, -0.15) is 4.99 Å². The van der Waals surface area contributed by atoms with Crippen molar-refractivity contribution in [3.05, 3.63) is 57.5 Å². The van der Waals surface area contributed by atoms with Gasteiger partial charge >= 0.3 is 6.01 Å². The third kappa shape index (κ3) is 4.24. The van der Waals surface area contributed by atoms with Gasteiger partial charge in [0.1, 0.15) is 5.02 Å². The van der Waals surface area contributed by atoms with Gasteiger partial charge in [0.15, 0.2) is 5.69 Å². The van der Waals surface area contributed by atoms with Gasteiger partial charge in [0.2, 0.25) is 5.69 Å². The van der Waals surface area contributed by atoms with Gasteiger partial charge < -0.3 is 12.4 Å². The quantitative estimate of drug-likeness (QED) is 0.789. The monoisotopic (exact) mass is 332 g/mol. The lowest BCUT2D eigenvalue weighted by molar-refractivity contribution is -0.345. The van der Waals surface area contributed by atoms with E-state index in [4.69, 9.17) is 34.8 Å². The molecule has 0 atom stereocenters. The molecule has 0 radical (unpaired) electrons. The molecule has 19 heavy (non-hydrogen) atoms. The Morgan fingerprint density at radius 1 is 0.895 bits per heavy atom. The molecule has 0 amide bonds. The lowest BCUT2D eigenvalue weighted by Gasteiger charge is -1.92. The summed E-state index contributed by atoms with van der Waals surface area (Å²) in [5, 5.41) is 1.45. The van der Waals surface area contributed by atoms with Crippen LogP contribution in [-0.2, 0) is 0 Å². The molecular weight excluding hydrogens is 326 g/mol. The highest BCUT2D eigenvalue weighted by molar-refractivity contribution is 6.43. The van der Waals surface area contributed by atoms with Gasteiger partial charge in [-0.3, -0.25) is 0 Å². The highest BCUT2D eigenvalue weighted by Gasteiger charge is 2.06. The SMILES string of the molecule is Clc1ccccc1[NH+]=C=Nc1cccc(Cl)c1Cl.[Cl-]. The van der Waals surface area contributed by atoms with Crippen LogP contribution in [0.5, 0.6) is 0 Å². The molecule has 0 aliphatic carbocycles.